The Kier molecular flexibility index (Phi) is 16.0. The van der Waals surface area contributed by atoms with Crippen LogP contribution in [0, 0.1) is 10.8 Å². The van der Waals surface area contributed by atoms with Crippen LogP contribution in [0.5, 0.6) is 0 Å². The Morgan fingerprint density at radius 2 is 1.20 bits per heavy atom. The summed E-state index contributed by atoms with van der Waals surface area (Å²) in [6.45, 7) is 12.5. The molecule has 5 N–H and O–H groups in total. The molecule has 0 radical (unpaired) electrons. The van der Waals surface area contributed by atoms with Crippen LogP contribution in [0.25, 0.3) is 0 Å². The van der Waals surface area contributed by atoms with Crippen LogP contribution in [-0.2, 0) is 28.7 Å². The molecule has 2 aliphatic rings. The molecule has 3 amide bonds. The molecule has 2 rings (SSSR count). The van der Waals surface area contributed by atoms with Gasteiger partial charge in [-0.2, -0.15) is 5.10 Å². The monoisotopic (exact) mass is 654 g/mol. The van der Waals surface area contributed by atoms with E-state index in [-0.39, 0.29) is 61.2 Å². The summed E-state index contributed by atoms with van der Waals surface area (Å²) < 4.78 is 6.00. The summed E-state index contributed by atoms with van der Waals surface area (Å²) in [6, 6.07) is 0. The number of hydrogen-bond donors (Lipinski definition) is 5. The number of carboxylic acid groups (broad SMARTS) is 2. The number of ether oxygens (including phenoxy) is 1. The number of amides is 3. The van der Waals surface area contributed by atoms with Gasteiger partial charge in [-0.15, -0.1) is 0 Å². The van der Waals surface area contributed by atoms with E-state index >= 15 is 0 Å². The van der Waals surface area contributed by atoms with Crippen molar-refractivity contribution in [3.63, 3.8) is 0 Å². The number of hydrazone groups is 1. The van der Waals surface area contributed by atoms with Gasteiger partial charge < -0.3 is 30.9 Å². The van der Waals surface area contributed by atoms with E-state index in [4.69, 9.17) is 4.74 Å². The molecular weight excluding hydrogens is 600 g/mol. The Labute approximate surface area is 271 Å². The van der Waals surface area contributed by atoms with Gasteiger partial charge in [-0.05, 0) is 7.05 Å². The number of carbonyl (C=O) groups is 5. The highest BCUT2D eigenvalue weighted by Crippen LogP contribution is 2.19. The zero-order valence-corrected chi connectivity index (χ0v) is 28.1. The predicted molar refractivity (Wildman–Crippen MR) is 171 cm³/mol. The SMILES string of the molecule is CNCCC1=NN(CC(=O)NCC(C)(C)COCC(C)(C)CNC(=O)CN2CCN(CC(=O)O)CCN(CC(=O)O)CC2)C(=O)C1. The molecule has 0 aromatic rings. The predicted octanol–water partition coefficient (Wildman–Crippen LogP) is -1.43. The fourth-order valence-corrected chi connectivity index (χ4v) is 4.93. The number of hydrogen-bond acceptors (Lipinski definition) is 11. The lowest BCUT2D eigenvalue weighted by Gasteiger charge is -2.30. The van der Waals surface area contributed by atoms with Gasteiger partial charge in [0.05, 0.1) is 39.3 Å². The molecule has 0 spiro atoms. The van der Waals surface area contributed by atoms with Crippen molar-refractivity contribution < 1.29 is 38.9 Å². The van der Waals surface area contributed by atoms with E-state index in [1.807, 2.05) is 39.6 Å². The van der Waals surface area contributed by atoms with Gasteiger partial charge in [0.2, 0.25) is 17.7 Å². The fraction of sp³-hybridized carbons (Fsp3) is 0.800. The van der Waals surface area contributed by atoms with E-state index < -0.39 is 11.9 Å². The van der Waals surface area contributed by atoms with E-state index in [9.17, 15) is 34.2 Å². The molecule has 46 heavy (non-hydrogen) atoms. The van der Waals surface area contributed by atoms with Crippen LogP contribution < -0.4 is 16.0 Å². The van der Waals surface area contributed by atoms with Crippen LogP contribution >= 0.6 is 0 Å². The largest absolute Gasteiger partial charge is 0.480 e. The molecule has 0 atom stereocenters. The summed E-state index contributed by atoms with van der Waals surface area (Å²) >= 11 is 0. The molecule has 0 saturated carbocycles. The maximum atomic E-state index is 12.9. The molecule has 0 aliphatic carbocycles. The molecule has 262 valence electrons. The minimum atomic E-state index is -0.953. The van der Waals surface area contributed by atoms with Gasteiger partial charge in [-0.1, -0.05) is 27.7 Å². The normalized spacial score (nSPS) is 17.6. The van der Waals surface area contributed by atoms with Crippen molar-refractivity contribution >= 4 is 35.4 Å². The van der Waals surface area contributed by atoms with Gasteiger partial charge in [-0.3, -0.25) is 38.7 Å². The molecule has 16 heteroatoms. The summed E-state index contributed by atoms with van der Waals surface area (Å²) in [5, 5.41) is 32.8. The fourth-order valence-electron chi connectivity index (χ4n) is 4.93. The first-order valence-electron chi connectivity index (χ1n) is 15.8. The van der Waals surface area contributed by atoms with Gasteiger partial charge in [0.15, 0.2) is 0 Å². The Morgan fingerprint density at radius 1 is 0.761 bits per heavy atom. The maximum Gasteiger partial charge on any atom is 0.317 e. The van der Waals surface area contributed by atoms with Crippen LogP contribution in [-0.4, -0.2) is 171 Å². The molecule has 2 heterocycles. The second kappa shape index (κ2) is 18.8. The van der Waals surface area contributed by atoms with Crippen molar-refractivity contribution in [1.82, 2.24) is 35.7 Å². The number of carboxylic acids is 2. The van der Waals surface area contributed by atoms with Crippen molar-refractivity contribution in [3.8, 4) is 0 Å². The van der Waals surface area contributed by atoms with E-state index in [2.05, 4.69) is 21.1 Å². The van der Waals surface area contributed by atoms with E-state index in [1.54, 1.807) is 9.80 Å². The van der Waals surface area contributed by atoms with Crippen molar-refractivity contribution in [2.45, 2.75) is 40.5 Å². The number of carbonyl (C=O) groups excluding carboxylic acids is 3. The third-order valence-electron chi connectivity index (χ3n) is 7.66. The second-order valence-electron chi connectivity index (χ2n) is 13.6. The molecule has 2 aliphatic heterocycles. The average molecular weight is 655 g/mol. The van der Waals surface area contributed by atoms with Crippen molar-refractivity contribution in [3.05, 3.63) is 0 Å². The van der Waals surface area contributed by atoms with Gasteiger partial charge in [0.1, 0.15) is 6.54 Å². The Morgan fingerprint density at radius 3 is 1.63 bits per heavy atom. The summed E-state index contributed by atoms with van der Waals surface area (Å²) in [7, 11) is 1.83. The van der Waals surface area contributed by atoms with Crippen LogP contribution in [0.1, 0.15) is 40.5 Å². The zero-order valence-electron chi connectivity index (χ0n) is 28.1. The molecule has 0 bridgehead atoms. The lowest BCUT2D eigenvalue weighted by Crippen LogP contribution is -2.45. The first kappa shape index (κ1) is 39.0. The van der Waals surface area contributed by atoms with Crippen molar-refractivity contribution in [2.75, 3.05) is 105 Å². The lowest BCUT2D eigenvalue weighted by molar-refractivity contribution is -0.140. The molecule has 16 nitrogen and oxygen atoms in total. The van der Waals surface area contributed by atoms with Crippen LogP contribution in [0.3, 0.4) is 0 Å². The molecule has 0 aromatic heterocycles. The van der Waals surface area contributed by atoms with Gasteiger partial charge >= 0.3 is 11.9 Å². The van der Waals surface area contributed by atoms with E-state index in [0.29, 0.717) is 72.0 Å². The van der Waals surface area contributed by atoms with E-state index in [1.165, 1.54) is 5.01 Å². The van der Waals surface area contributed by atoms with Gasteiger partial charge in [0, 0.05) is 81.9 Å². The summed E-state index contributed by atoms with van der Waals surface area (Å²) in [5.74, 6) is -2.56. The lowest BCUT2D eigenvalue weighted by atomic mass is 9.93. The number of nitrogens with one attached hydrogen (secondary N) is 3. The summed E-state index contributed by atoms with van der Waals surface area (Å²) in [6.07, 6.45) is 0.900. The Bertz CT molecular complexity index is 1060. The van der Waals surface area contributed by atoms with Crippen molar-refractivity contribution in [2.24, 2.45) is 15.9 Å². The third kappa shape index (κ3) is 15.9. The maximum absolute atomic E-state index is 12.9. The smallest absolute Gasteiger partial charge is 0.317 e. The van der Waals surface area contributed by atoms with Crippen molar-refractivity contribution in [1.29, 1.82) is 0 Å². The molecule has 1 fully saturated rings. The minimum Gasteiger partial charge on any atom is -0.480 e. The molecule has 0 aromatic carbocycles. The van der Waals surface area contributed by atoms with Crippen LogP contribution in [0.2, 0.25) is 0 Å². The highest BCUT2D eigenvalue weighted by molar-refractivity contribution is 6.05. The highest BCUT2D eigenvalue weighted by atomic mass is 16.5. The van der Waals surface area contributed by atoms with E-state index in [0.717, 1.165) is 12.3 Å². The zero-order chi connectivity index (χ0) is 34.3. The number of aliphatic carboxylic acids is 2. The van der Waals surface area contributed by atoms with Gasteiger partial charge in [0.25, 0.3) is 0 Å². The Balaban J connectivity index is 1.75. The molecule has 0 unspecified atom stereocenters. The average Bonchev–Trinajstić information content (AvgIpc) is 3.33. The third-order valence-corrected chi connectivity index (χ3v) is 7.66. The summed E-state index contributed by atoms with van der Waals surface area (Å²) in [5.41, 5.74) is 0.0118. The number of nitrogens with zero attached hydrogens (tertiary/aromatic N) is 5. The minimum absolute atomic E-state index is 0.108. The summed E-state index contributed by atoms with van der Waals surface area (Å²) in [4.78, 5) is 65.5. The second-order valence-corrected chi connectivity index (χ2v) is 13.6. The molecular formula is C30H54N8O8. The highest BCUT2D eigenvalue weighted by Gasteiger charge is 2.28. The first-order chi connectivity index (χ1) is 21.6. The molecule has 1 saturated heterocycles. The quantitative estimate of drug-likeness (QED) is 0.109. The van der Waals surface area contributed by atoms with Crippen LogP contribution in [0.15, 0.2) is 5.10 Å². The number of rotatable bonds is 19. The Hall–Kier alpha value is -3.18. The van der Waals surface area contributed by atoms with Gasteiger partial charge in [-0.25, -0.2) is 5.01 Å². The topological polar surface area (TPSA) is 196 Å². The van der Waals surface area contributed by atoms with Crippen LogP contribution in [0.4, 0.5) is 0 Å². The first-order valence-corrected chi connectivity index (χ1v) is 15.8. The standard InChI is InChI=1S/C30H54N8O8/c1-29(2,21-46-22-30(3,4)20-33-25(40)16-38-26(41)14-23(34-38)6-7-31-5)19-32-24(39)15-35-8-10-36(17-27(42)43)12-13-37(11-9-35)18-28(44)45/h31H,6-22H2,1-5H3,(H,32,39)(H,33,40)(H,42,43)(H,44,45).